The van der Waals surface area contributed by atoms with Gasteiger partial charge in [0.1, 0.15) is 0 Å². The Bertz CT molecular complexity index is 934. The maximum absolute atomic E-state index is 11.9. The zero-order valence-corrected chi connectivity index (χ0v) is 15.9. The summed E-state index contributed by atoms with van der Waals surface area (Å²) in [6.07, 6.45) is 6.63. The van der Waals surface area contributed by atoms with Gasteiger partial charge in [0.05, 0.1) is 36.1 Å². The van der Waals surface area contributed by atoms with Crippen molar-refractivity contribution in [3.05, 3.63) is 48.5 Å². The Morgan fingerprint density at radius 2 is 2.07 bits per heavy atom. The van der Waals surface area contributed by atoms with Crippen LogP contribution in [0.5, 0.6) is 0 Å². The minimum atomic E-state index is -0.226. The van der Waals surface area contributed by atoms with E-state index in [-0.39, 0.29) is 12.1 Å². The van der Waals surface area contributed by atoms with E-state index < -0.39 is 0 Å². The molecule has 1 fully saturated rings. The molecular weight excluding hydrogens is 356 g/mol. The SMILES string of the molecule is CCOC(=O)N1CCC(Nc2nc3ccccc3n2Cc2cnccn2)CC1. The van der Waals surface area contributed by atoms with Crippen molar-refractivity contribution in [2.24, 2.45) is 0 Å². The molecule has 0 unspecified atom stereocenters. The number of benzene rings is 1. The molecule has 0 aliphatic carbocycles. The zero-order chi connectivity index (χ0) is 19.3. The highest BCUT2D eigenvalue weighted by molar-refractivity contribution is 5.78. The lowest BCUT2D eigenvalue weighted by Crippen LogP contribution is -2.42. The van der Waals surface area contributed by atoms with Gasteiger partial charge in [-0.1, -0.05) is 12.1 Å². The van der Waals surface area contributed by atoms with Gasteiger partial charge in [0.25, 0.3) is 0 Å². The van der Waals surface area contributed by atoms with Crippen LogP contribution in [0.1, 0.15) is 25.5 Å². The average Bonchev–Trinajstić information content (AvgIpc) is 3.06. The van der Waals surface area contributed by atoms with Crippen molar-refractivity contribution in [1.29, 1.82) is 0 Å². The van der Waals surface area contributed by atoms with Gasteiger partial charge in [-0.2, -0.15) is 0 Å². The van der Waals surface area contributed by atoms with Crippen molar-refractivity contribution in [1.82, 2.24) is 24.4 Å². The van der Waals surface area contributed by atoms with Crippen molar-refractivity contribution in [3.8, 4) is 0 Å². The van der Waals surface area contributed by atoms with Crippen LogP contribution in [-0.2, 0) is 11.3 Å². The molecule has 3 aromatic rings. The Hall–Kier alpha value is -3.16. The molecule has 0 radical (unpaired) electrons. The Morgan fingerprint density at radius 1 is 1.25 bits per heavy atom. The number of carbonyl (C=O) groups is 1. The number of fused-ring (bicyclic) bond motifs is 1. The second kappa shape index (κ2) is 8.24. The van der Waals surface area contributed by atoms with Crippen LogP contribution in [0, 0.1) is 0 Å². The van der Waals surface area contributed by atoms with Crippen LogP contribution in [0.15, 0.2) is 42.9 Å². The van der Waals surface area contributed by atoms with Crippen molar-refractivity contribution in [2.75, 3.05) is 25.0 Å². The van der Waals surface area contributed by atoms with Crippen LogP contribution >= 0.6 is 0 Å². The molecule has 2 aromatic heterocycles. The lowest BCUT2D eigenvalue weighted by atomic mass is 10.1. The lowest BCUT2D eigenvalue weighted by molar-refractivity contribution is 0.0983. The normalized spacial score (nSPS) is 15.0. The summed E-state index contributed by atoms with van der Waals surface area (Å²) in [5.74, 6) is 0.821. The zero-order valence-electron chi connectivity index (χ0n) is 15.9. The largest absolute Gasteiger partial charge is 0.450 e. The maximum Gasteiger partial charge on any atom is 0.409 e. The fourth-order valence-corrected chi connectivity index (χ4v) is 3.52. The fraction of sp³-hybridized carbons (Fsp3) is 0.400. The summed E-state index contributed by atoms with van der Waals surface area (Å²) in [4.78, 5) is 27.0. The number of hydrogen-bond donors (Lipinski definition) is 1. The molecule has 8 nitrogen and oxygen atoms in total. The lowest BCUT2D eigenvalue weighted by Gasteiger charge is -2.31. The molecule has 1 N–H and O–H groups in total. The fourth-order valence-electron chi connectivity index (χ4n) is 3.52. The van der Waals surface area contributed by atoms with Gasteiger partial charge >= 0.3 is 6.09 Å². The topological polar surface area (TPSA) is 85.2 Å². The van der Waals surface area contributed by atoms with E-state index in [2.05, 4.69) is 25.9 Å². The number of piperidine rings is 1. The monoisotopic (exact) mass is 380 g/mol. The van der Waals surface area contributed by atoms with Crippen LogP contribution in [0.3, 0.4) is 0 Å². The predicted molar refractivity (Wildman–Crippen MR) is 106 cm³/mol. The highest BCUT2D eigenvalue weighted by Crippen LogP contribution is 2.23. The van der Waals surface area contributed by atoms with E-state index in [1.807, 2.05) is 25.1 Å². The minimum Gasteiger partial charge on any atom is -0.450 e. The van der Waals surface area contributed by atoms with E-state index in [4.69, 9.17) is 9.72 Å². The number of likely N-dealkylation sites (tertiary alicyclic amines) is 1. The molecule has 1 aliphatic heterocycles. The van der Waals surface area contributed by atoms with E-state index >= 15 is 0 Å². The van der Waals surface area contributed by atoms with Gasteiger partial charge < -0.3 is 19.5 Å². The number of aromatic nitrogens is 4. The number of hydrogen-bond acceptors (Lipinski definition) is 6. The standard InChI is InChI=1S/C20H24N6O2/c1-2-28-20(27)25-11-7-15(8-12-25)23-19-24-17-5-3-4-6-18(17)26(19)14-16-13-21-9-10-22-16/h3-6,9-10,13,15H,2,7-8,11-12,14H2,1H3,(H,23,24). The highest BCUT2D eigenvalue weighted by Gasteiger charge is 2.25. The number of nitrogens with zero attached hydrogens (tertiary/aromatic N) is 5. The molecule has 0 spiro atoms. The predicted octanol–water partition coefficient (Wildman–Crippen LogP) is 2.91. The molecule has 1 saturated heterocycles. The van der Waals surface area contributed by atoms with E-state index in [1.165, 1.54) is 0 Å². The van der Waals surface area contributed by atoms with E-state index in [1.54, 1.807) is 23.5 Å². The third kappa shape index (κ3) is 3.90. The van der Waals surface area contributed by atoms with Gasteiger partial charge in [-0.15, -0.1) is 0 Å². The molecule has 0 atom stereocenters. The molecule has 0 bridgehead atoms. The highest BCUT2D eigenvalue weighted by atomic mass is 16.6. The van der Waals surface area contributed by atoms with Gasteiger partial charge in [0.15, 0.2) is 0 Å². The first-order valence-corrected chi connectivity index (χ1v) is 9.63. The number of para-hydroxylation sites is 2. The molecule has 1 aliphatic rings. The van der Waals surface area contributed by atoms with E-state index in [9.17, 15) is 4.79 Å². The number of imidazole rings is 1. The quantitative estimate of drug-likeness (QED) is 0.733. The molecular formula is C20H24N6O2. The first-order valence-electron chi connectivity index (χ1n) is 9.63. The smallest absolute Gasteiger partial charge is 0.409 e. The second-order valence-electron chi connectivity index (χ2n) is 6.81. The summed E-state index contributed by atoms with van der Waals surface area (Å²) in [6, 6.07) is 8.33. The molecule has 1 aromatic carbocycles. The van der Waals surface area contributed by atoms with Crippen LogP contribution < -0.4 is 5.32 Å². The van der Waals surface area contributed by atoms with Gasteiger partial charge in [-0.05, 0) is 31.9 Å². The first-order chi connectivity index (χ1) is 13.7. The van der Waals surface area contributed by atoms with E-state index in [0.717, 1.165) is 35.5 Å². The van der Waals surface area contributed by atoms with E-state index in [0.29, 0.717) is 26.2 Å². The summed E-state index contributed by atoms with van der Waals surface area (Å²) in [5.41, 5.74) is 2.88. The number of amides is 1. The number of carbonyl (C=O) groups excluding carboxylic acids is 1. The third-order valence-electron chi connectivity index (χ3n) is 4.95. The Balaban J connectivity index is 1.51. The molecule has 4 rings (SSSR count). The van der Waals surface area contributed by atoms with Gasteiger partial charge in [-0.25, -0.2) is 9.78 Å². The summed E-state index contributed by atoms with van der Waals surface area (Å²) < 4.78 is 7.23. The van der Waals surface area contributed by atoms with Crippen molar-refractivity contribution in [3.63, 3.8) is 0 Å². The summed E-state index contributed by atoms with van der Waals surface area (Å²) >= 11 is 0. The Morgan fingerprint density at radius 3 is 2.82 bits per heavy atom. The van der Waals surface area contributed by atoms with Gasteiger partial charge in [0, 0.05) is 31.5 Å². The van der Waals surface area contributed by atoms with Crippen molar-refractivity contribution in [2.45, 2.75) is 32.4 Å². The van der Waals surface area contributed by atoms with Gasteiger partial charge in [-0.3, -0.25) is 9.97 Å². The average molecular weight is 380 g/mol. The molecule has 28 heavy (non-hydrogen) atoms. The Labute approximate surface area is 163 Å². The number of rotatable bonds is 5. The van der Waals surface area contributed by atoms with Crippen LogP contribution in [-0.4, -0.2) is 56.3 Å². The maximum atomic E-state index is 11.9. The third-order valence-corrected chi connectivity index (χ3v) is 4.95. The summed E-state index contributed by atoms with van der Waals surface area (Å²) in [5, 5.41) is 3.58. The number of ether oxygens (including phenoxy) is 1. The van der Waals surface area contributed by atoms with Crippen LogP contribution in [0.2, 0.25) is 0 Å². The molecule has 0 saturated carbocycles. The van der Waals surface area contributed by atoms with Crippen LogP contribution in [0.4, 0.5) is 10.7 Å². The van der Waals surface area contributed by atoms with Crippen molar-refractivity contribution < 1.29 is 9.53 Å². The molecule has 3 heterocycles. The summed E-state index contributed by atoms with van der Waals surface area (Å²) in [7, 11) is 0. The first kappa shape index (κ1) is 18.2. The van der Waals surface area contributed by atoms with Crippen molar-refractivity contribution >= 4 is 23.1 Å². The van der Waals surface area contributed by atoms with Crippen LogP contribution in [0.25, 0.3) is 11.0 Å². The van der Waals surface area contributed by atoms with Gasteiger partial charge in [0.2, 0.25) is 5.95 Å². The number of anilines is 1. The Kier molecular flexibility index (Phi) is 5.36. The minimum absolute atomic E-state index is 0.226. The summed E-state index contributed by atoms with van der Waals surface area (Å²) in [6.45, 7) is 4.19. The molecule has 146 valence electrons. The molecule has 1 amide bonds. The molecule has 8 heteroatoms. The second-order valence-corrected chi connectivity index (χ2v) is 6.81. The number of nitrogens with one attached hydrogen (secondary N) is 1.